The Bertz CT molecular complexity index is 867. The van der Waals surface area contributed by atoms with Crippen LogP contribution in [0.25, 0.3) is 0 Å². The molecule has 0 aromatic heterocycles. The van der Waals surface area contributed by atoms with Crippen LogP contribution in [0, 0.1) is 5.82 Å². The molecule has 0 radical (unpaired) electrons. The molecule has 33 heavy (non-hydrogen) atoms. The number of unbranched alkanes of at least 4 members (excludes halogenated alkanes) is 1. The number of aliphatic carboxylic acids is 1. The molecule has 2 saturated heterocycles. The van der Waals surface area contributed by atoms with E-state index in [-0.39, 0.29) is 29.8 Å². The summed E-state index contributed by atoms with van der Waals surface area (Å²) in [6.45, 7) is 4.73. The van der Waals surface area contributed by atoms with Gasteiger partial charge in [-0.1, -0.05) is 19.4 Å². The van der Waals surface area contributed by atoms with Gasteiger partial charge in [0, 0.05) is 31.9 Å². The minimum atomic E-state index is -5.08. The molecule has 1 aromatic rings. The Labute approximate surface area is 189 Å². The second-order valence-corrected chi connectivity index (χ2v) is 8.10. The van der Waals surface area contributed by atoms with E-state index in [1.54, 1.807) is 17.0 Å². The molecule has 1 aromatic carbocycles. The SMILES string of the molecule is CCCCNC(=O)N1CCC2(C1)CN(c1cccc(F)c1)C(=O)CN2C.O=C(O)C(F)(F)F. The average Bonchev–Trinajstić information content (AvgIpc) is 3.16. The number of likely N-dealkylation sites (tertiary alicyclic amines) is 1. The van der Waals surface area contributed by atoms with Crippen molar-refractivity contribution in [3.63, 3.8) is 0 Å². The maximum atomic E-state index is 13.6. The summed E-state index contributed by atoms with van der Waals surface area (Å²) in [5.41, 5.74) is 0.288. The van der Waals surface area contributed by atoms with Gasteiger partial charge in [-0.05, 0) is 38.1 Å². The van der Waals surface area contributed by atoms with E-state index in [1.165, 1.54) is 12.1 Å². The van der Waals surface area contributed by atoms with Crippen LogP contribution >= 0.6 is 0 Å². The fourth-order valence-electron chi connectivity index (χ4n) is 3.79. The number of carbonyl (C=O) groups is 3. The molecular weight excluding hydrogens is 448 g/mol. The zero-order valence-electron chi connectivity index (χ0n) is 18.5. The Balaban J connectivity index is 0.000000479. The molecule has 2 N–H and O–H groups in total. The van der Waals surface area contributed by atoms with E-state index < -0.39 is 12.1 Å². The average molecular weight is 476 g/mol. The summed E-state index contributed by atoms with van der Waals surface area (Å²) in [6, 6.07) is 6.09. The third-order valence-electron chi connectivity index (χ3n) is 5.72. The monoisotopic (exact) mass is 476 g/mol. The number of nitrogens with one attached hydrogen (secondary N) is 1. The molecule has 2 aliphatic rings. The molecule has 2 heterocycles. The van der Waals surface area contributed by atoms with Crippen molar-refractivity contribution >= 4 is 23.6 Å². The van der Waals surface area contributed by atoms with Gasteiger partial charge in [-0.25, -0.2) is 14.0 Å². The smallest absolute Gasteiger partial charge is 0.475 e. The number of hydrogen-bond donors (Lipinski definition) is 2. The fraction of sp³-hybridized carbons (Fsp3) is 0.571. The van der Waals surface area contributed by atoms with Crippen molar-refractivity contribution in [1.82, 2.24) is 15.1 Å². The molecule has 12 heteroatoms. The normalized spacial score (nSPS) is 21.1. The lowest BCUT2D eigenvalue weighted by Gasteiger charge is -2.46. The summed E-state index contributed by atoms with van der Waals surface area (Å²) < 4.78 is 45.3. The lowest BCUT2D eigenvalue weighted by atomic mass is 9.92. The van der Waals surface area contributed by atoms with Gasteiger partial charge in [0.2, 0.25) is 5.91 Å². The van der Waals surface area contributed by atoms with Crippen molar-refractivity contribution in [2.24, 2.45) is 0 Å². The number of halogens is 4. The third-order valence-corrected chi connectivity index (χ3v) is 5.72. The molecule has 0 aliphatic carbocycles. The maximum absolute atomic E-state index is 13.6. The predicted molar refractivity (Wildman–Crippen MR) is 112 cm³/mol. The number of rotatable bonds is 4. The maximum Gasteiger partial charge on any atom is 0.490 e. The van der Waals surface area contributed by atoms with Crippen LogP contribution < -0.4 is 10.2 Å². The van der Waals surface area contributed by atoms with Crippen LogP contribution in [0.4, 0.5) is 28.0 Å². The topological polar surface area (TPSA) is 93.2 Å². The first-order valence-electron chi connectivity index (χ1n) is 10.5. The number of likely N-dealkylation sites (N-methyl/N-ethyl adjacent to an activating group) is 1. The summed E-state index contributed by atoms with van der Waals surface area (Å²) in [5, 5.41) is 10.1. The van der Waals surface area contributed by atoms with E-state index in [1.807, 2.05) is 16.8 Å². The minimum absolute atomic E-state index is 0.0436. The number of carboxylic acids is 1. The second kappa shape index (κ2) is 10.8. The van der Waals surface area contributed by atoms with E-state index in [9.17, 15) is 27.2 Å². The first-order chi connectivity index (χ1) is 15.4. The van der Waals surface area contributed by atoms with Crippen molar-refractivity contribution in [2.75, 3.05) is 44.7 Å². The molecule has 2 aliphatic heterocycles. The van der Waals surface area contributed by atoms with E-state index in [0.717, 1.165) is 19.3 Å². The van der Waals surface area contributed by atoms with E-state index in [4.69, 9.17) is 9.90 Å². The predicted octanol–water partition coefficient (Wildman–Crippen LogP) is 2.69. The first kappa shape index (κ1) is 26.4. The number of benzene rings is 1. The molecule has 8 nitrogen and oxygen atoms in total. The van der Waals surface area contributed by atoms with Crippen LogP contribution in [0.15, 0.2) is 24.3 Å². The minimum Gasteiger partial charge on any atom is -0.475 e. The van der Waals surface area contributed by atoms with Crippen molar-refractivity contribution in [3.05, 3.63) is 30.1 Å². The van der Waals surface area contributed by atoms with Crippen LogP contribution in [0.3, 0.4) is 0 Å². The van der Waals surface area contributed by atoms with Gasteiger partial charge < -0.3 is 20.2 Å². The molecule has 2 fully saturated rings. The number of carbonyl (C=O) groups excluding carboxylic acids is 2. The van der Waals surface area contributed by atoms with Crippen LogP contribution in [0.1, 0.15) is 26.2 Å². The zero-order valence-corrected chi connectivity index (χ0v) is 18.5. The van der Waals surface area contributed by atoms with Gasteiger partial charge in [0.05, 0.1) is 12.1 Å². The molecule has 0 saturated carbocycles. The van der Waals surface area contributed by atoms with Crippen molar-refractivity contribution < 1.29 is 37.1 Å². The Hall–Kier alpha value is -2.89. The van der Waals surface area contributed by atoms with Crippen molar-refractivity contribution in [3.8, 4) is 0 Å². The van der Waals surface area contributed by atoms with E-state index >= 15 is 0 Å². The van der Waals surface area contributed by atoms with Crippen molar-refractivity contribution in [2.45, 2.75) is 37.9 Å². The summed E-state index contributed by atoms with van der Waals surface area (Å²) in [7, 11) is 1.93. The van der Waals surface area contributed by atoms with Gasteiger partial charge in [0.25, 0.3) is 0 Å². The molecule has 0 bridgehead atoms. The number of amides is 3. The molecule has 1 unspecified atom stereocenters. The quantitative estimate of drug-likeness (QED) is 0.515. The molecule has 1 atom stereocenters. The first-order valence-corrected chi connectivity index (χ1v) is 10.5. The number of carboxylic acid groups (broad SMARTS) is 1. The van der Waals surface area contributed by atoms with Crippen LogP contribution in [0.2, 0.25) is 0 Å². The Morgan fingerprint density at radius 2 is 1.91 bits per heavy atom. The van der Waals surface area contributed by atoms with Gasteiger partial charge in [0.15, 0.2) is 0 Å². The molecule has 1 spiro atoms. The highest BCUT2D eigenvalue weighted by molar-refractivity contribution is 5.96. The fourth-order valence-corrected chi connectivity index (χ4v) is 3.79. The standard InChI is InChI=1S/C19H27FN4O2.C2HF3O2/c1-3-4-9-21-18(26)23-10-8-19(13-23)14-24(17(25)12-22(19)2)16-7-5-6-15(20)11-16;3-2(4,5)1(6)7/h5-7,11H,3-4,8-10,12-14H2,1-2H3,(H,21,26);(H,6,7). The molecular formula is C21H28F4N4O4. The third kappa shape index (κ3) is 6.80. The number of nitrogens with zero attached hydrogens (tertiary/aromatic N) is 3. The summed E-state index contributed by atoms with van der Waals surface area (Å²) in [4.78, 5) is 39.3. The van der Waals surface area contributed by atoms with Gasteiger partial charge in [-0.15, -0.1) is 0 Å². The number of urea groups is 1. The van der Waals surface area contributed by atoms with Crippen molar-refractivity contribution in [1.29, 1.82) is 0 Å². The van der Waals surface area contributed by atoms with E-state index in [2.05, 4.69) is 12.2 Å². The van der Waals surface area contributed by atoms with Crippen LogP contribution in [-0.2, 0) is 9.59 Å². The second-order valence-electron chi connectivity index (χ2n) is 8.10. The summed E-state index contributed by atoms with van der Waals surface area (Å²) in [6.07, 6.45) is -2.28. The van der Waals surface area contributed by atoms with Gasteiger partial charge in [-0.2, -0.15) is 13.2 Å². The molecule has 3 amide bonds. The number of hydrogen-bond acceptors (Lipinski definition) is 4. The Kier molecular flexibility index (Phi) is 8.64. The van der Waals surface area contributed by atoms with Gasteiger partial charge in [-0.3, -0.25) is 9.69 Å². The number of alkyl halides is 3. The van der Waals surface area contributed by atoms with Gasteiger partial charge >= 0.3 is 18.2 Å². The summed E-state index contributed by atoms with van der Waals surface area (Å²) in [5.74, 6) is -3.16. The van der Waals surface area contributed by atoms with Crippen LogP contribution in [0.5, 0.6) is 0 Å². The zero-order chi connectivity index (χ0) is 24.8. The van der Waals surface area contributed by atoms with E-state index in [0.29, 0.717) is 31.9 Å². The molecule has 184 valence electrons. The Morgan fingerprint density at radius 3 is 2.48 bits per heavy atom. The van der Waals surface area contributed by atoms with Crippen LogP contribution in [-0.4, -0.2) is 84.3 Å². The highest BCUT2D eigenvalue weighted by atomic mass is 19.4. The Morgan fingerprint density at radius 1 is 1.24 bits per heavy atom. The highest BCUT2D eigenvalue weighted by Gasteiger charge is 2.48. The number of piperazine rings is 1. The largest absolute Gasteiger partial charge is 0.490 e. The lowest BCUT2D eigenvalue weighted by molar-refractivity contribution is -0.192. The number of anilines is 1. The lowest BCUT2D eigenvalue weighted by Crippen LogP contribution is -2.64. The molecule has 3 rings (SSSR count). The van der Waals surface area contributed by atoms with Gasteiger partial charge in [0.1, 0.15) is 5.82 Å². The summed E-state index contributed by atoms with van der Waals surface area (Å²) >= 11 is 0. The highest BCUT2D eigenvalue weighted by Crippen LogP contribution is 2.33.